The molecule has 2 heteroatoms. The van der Waals surface area contributed by atoms with Gasteiger partial charge in [-0.1, -0.05) is 30.3 Å². The molecule has 1 aliphatic carbocycles. The summed E-state index contributed by atoms with van der Waals surface area (Å²) in [5, 5.41) is 0. The fourth-order valence-corrected chi connectivity index (χ4v) is 2.59. The Labute approximate surface area is 93.4 Å². The van der Waals surface area contributed by atoms with Crippen molar-refractivity contribution in [3.63, 3.8) is 0 Å². The summed E-state index contributed by atoms with van der Waals surface area (Å²) < 4.78 is 11.0. The van der Waals surface area contributed by atoms with E-state index in [1.54, 1.807) is 0 Å². The second kappa shape index (κ2) is 2.79. The first-order valence-electron chi connectivity index (χ1n) is 5.43. The number of benzene rings is 2. The van der Waals surface area contributed by atoms with Crippen molar-refractivity contribution in [1.29, 1.82) is 0 Å². The van der Waals surface area contributed by atoms with Crippen molar-refractivity contribution < 1.29 is 9.47 Å². The predicted molar refractivity (Wildman–Crippen MR) is 60.8 cm³/mol. The van der Waals surface area contributed by atoms with Gasteiger partial charge in [0.15, 0.2) is 11.5 Å². The zero-order valence-corrected chi connectivity index (χ0v) is 8.69. The van der Waals surface area contributed by atoms with Crippen molar-refractivity contribution in [3.05, 3.63) is 47.5 Å². The van der Waals surface area contributed by atoms with E-state index < -0.39 is 0 Å². The number of hydrogen-bond acceptors (Lipinski definition) is 2. The molecule has 2 nitrogen and oxygen atoms in total. The molecule has 4 rings (SSSR count). The van der Waals surface area contributed by atoms with Crippen molar-refractivity contribution in [2.75, 3.05) is 6.79 Å². The molecule has 0 aromatic heterocycles. The molecule has 1 heterocycles. The standard InChI is InChI=1S/C14H10O2/c1-2-4-10-9(3-1)7-12-11(10)5-6-13-14(12)16-8-15-13/h1-6H,7-8H2. The quantitative estimate of drug-likeness (QED) is 0.568. The van der Waals surface area contributed by atoms with Gasteiger partial charge in [-0.2, -0.15) is 0 Å². The summed E-state index contributed by atoms with van der Waals surface area (Å²) in [6.45, 7) is 0.349. The first-order chi connectivity index (χ1) is 7.93. The Morgan fingerprint density at radius 1 is 0.875 bits per heavy atom. The van der Waals surface area contributed by atoms with E-state index in [2.05, 4.69) is 30.3 Å². The van der Waals surface area contributed by atoms with Crippen LogP contribution >= 0.6 is 0 Å². The molecule has 2 aliphatic rings. The van der Waals surface area contributed by atoms with Gasteiger partial charge in [0.2, 0.25) is 6.79 Å². The van der Waals surface area contributed by atoms with Crippen molar-refractivity contribution in [2.45, 2.75) is 6.42 Å². The van der Waals surface area contributed by atoms with Crippen LogP contribution in [0.25, 0.3) is 11.1 Å². The fraction of sp³-hybridized carbons (Fsp3) is 0.143. The Morgan fingerprint density at radius 2 is 1.81 bits per heavy atom. The summed E-state index contributed by atoms with van der Waals surface area (Å²) in [6.07, 6.45) is 0.956. The molecule has 2 aromatic carbocycles. The highest BCUT2D eigenvalue weighted by Crippen LogP contribution is 2.46. The maximum Gasteiger partial charge on any atom is 0.231 e. The SMILES string of the molecule is c1ccc2c(c1)Cc1c-2ccc2c1OCO2. The van der Waals surface area contributed by atoms with Crippen LogP contribution in [0.15, 0.2) is 36.4 Å². The van der Waals surface area contributed by atoms with Crippen molar-refractivity contribution >= 4 is 0 Å². The largest absolute Gasteiger partial charge is 0.454 e. The molecule has 16 heavy (non-hydrogen) atoms. The molecule has 0 atom stereocenters. The van der Waals surface area contributed by atoms with Gasteiger partial charge in [0.25, 0.3) is 0 Å². The lowest BCUT2D eigenvalue weighted by Gasteiger charge is -2.03. The lowest BCUT2D eigenvalue weighted by Crippen LogP contribution is -1.94. The minimum Gasteiger partial charge on any atom is -0.454 e. The van der Waals surface area contributed by atoms with Crippen LogP contribution in [0.3, 0.4) is 0 Å². The van der Waals surface area contributed by atoms with Crippen molar-refractivity contribution in [3.8, 4) is 22.6 Å². The highest BCUT2D eigenvalue weighted by atomic mass is 16.7. The molecular weight excluding hydrogens is 200 g/mol. The molecule has 0 saturated heterocycles. The molecule has 0 fully saturated rings. The van der Waals surface area contributed by atoms with Gasteiger partial charge < -0.3 is 9.47 Å². The zero-order valence-electron chi connectivity index (χ0n) is 8.69. The molecule has 0 spiro atoms. The lowest BCUT2D eigenvalue weighted by atomic mass is 10.1. The predicted octanol–water partition coefficient (Wildman–Crippen LogP) is 2.99. The van der Waals surface area contributed by atoms with E-state index in [-0.39, 0.29) is 0 Å². The average molecular weight is 210 g/mol. The Hall–Kier alpha value is -1.96. The van der Waals surface area contributed by atoms with Gasteiger partial charge >= 0.3 is 0 Å². The van der Waals surface area contributed by atoms with Gasteiger partial charge in [-0.25, -0.2) is 0 Å². The van der Waals surface area contributed by atoms with Crippen LogP contribution in [0.4, 0.5) is 0 Å². The van der Waals surface area contributed by atoms with Gasteiger partial charge in [-0.05, 0) is 22.8 Å². The van der Waals surface area contributed by atoms with Crippen LogP contribution in [0, 0.1) is 0 Å². The summed E-state index contributed by atoms with van der Waals surface area (Å²) in [7, 11) is 0. The van der Waals surface area contributed by atoms with Gasteiger partial charge in [-0.15, -0.1) is 0 Å². The third-order valence-corrected chi connectivity index (χ3v) is 3.32. The Bertz CT molecular complexity index is 587. The van der Waals surface area contributed by atoms with Crippen LogP contribution in [0.2, 0.25) is 0 Å². The molecule has 78 valence electrons. The van der Waals surface area contributed by atoms with Crippen LogP contribution in [-0.4, -0.2) is 6.79 Å². The molecule has 0 bridgehead atoms. The van der Waals surface area contributed by atoms with Crippen LogP contribution in [-0.2, 0) is 6.42 Å². The van der Waals surface area contributed by atoms with Gasteiger partial charge in [-0.3, -0.25) is 0 Å². The lowest BCUT2D eigenvalue weighted by molar-refractivity contribution is 0.173. The maximum atomic E-state index is 5.55. The molecule has 2 aromatic rings. The van der Waals surface area contributed by atoms with Crippen molar-refractivity contribution in [1.82, 2.24) is 0 Å². The maximum absolute atomic E-state index is 5.55. The van der Waals surface area contributed by atoms with Crippen LogP contribution in [0.5, 0.6) is 11.5 Å². The second-order valence-corrected chi connectivity index (χ2v) is 4.16. The Morgan fingerprint density at radius 3 is 2.81 bits per heavy atom. The fourth-order valence-electron chi connectivity index (χ4n) is 2.59. The molecule has 0 saturated carbocycles. The van der Waals surface area contributed by atoms with Crippen molar-refractivity contribution in [2.24, 2.45) is 0 Å². The molecule has 0 N–H and O–H groups in total. The topological polar surface area (TPSA) is 18.5 Å². The summed E-state index contributed by atoms with van der Waals surface area (Å²) in [6, 6.07) is 12.7. The number of hydrogen-bond donors (Lipinski definition) is 0. The molecular formula is C14H10O2. The molecule has 0 unspecified atom stereocenters. The second-order valence-electron chi connectivity index (χ2n) is 4.16. The normalized spacial score (nSPS) is 14.8. The monoisotopic (exact) mass is 210 g/mol. The highest BCUT2D eigenvalue weighted by molar-refractivity contribution is 5.80. The first kappa shape index (κ1) is 8.22. The molecule has 0 amide bonds. The molecule has 1 aliphatic heterocycles. The smallest absolute Gasteiger partial charge is 0.231 e. The highest BCUT2D eigenvalue weighted by Gasteiger charge is 2.26. The van der Waals surface area contributed by atoms with Crippen LogP contribution in [0.1, 0.15) is 11.1 Å². The van der Waals surface area contributed by atoms with E-state index in [1.807, 2.05) is 6.07 Å². The minimum absolute atomic E-state index is 0.349. The van der Waals surface area contributed by atoms with E-state index in [9.17, 15) is 0 Å². The van der Waals surface area contributed by atoms with E-state index >= 15 is 0 Å². The molecule has 0 radical (unpaired) electrons. The van der Waals surface area contributed by atoms with E-state index in [0.717, 1.165) is 17.9 Å². The third-order valence-electron chi connectivity index (χ3n) is 3.32. The Balaban J connectivity index is 2.01. The van der Waals surface area contributed by atoms with E-state index in [1.165, 1.54) is 22.3 Å². The third kappa shape index (κ3) is 0.915. The first-order valence-corrected chi connectivity index (χ1v) is 5.43. The minimum atomic E-state index is 0.349. The summed E-state index contributed by atoms with van der Waals surface area (Å²) in [4.78, 5) is 0. The van der Waals surface area contributed by atoms with Gasteiger partial charge in [0.1, 0.15) is 0 Å². The van der Waals surface area contributed by atoms with Gasteiger partial charge in [0.05, 0.1) is 0 Å². The summed E-state index contributed by atoms with van der Waals surface area (Å²) in [5.74, 6) is 1.82. The number of rotatable bonds is 0. The summed E-state index contributed by atoms with van der Waals surface area (Å²) >= 11 is 0. The number of fused-ring (bicyclic) bond motifs is 5. The summed E-state index contributed by atoms with van der Waals surface area (Å²) in [5.41, 5.74) is 5.27. The van der Waals surface area contributed by atoms with Crippen LogP contribution < -0.4 is 9.47 Å². The average Bonchev–Trinajstić information content (AvgIpc) is 2.92. The van der Waals surface area contributed by atoms with E-state index in [0.29, 0.717) is 6.79 Å². The zero-order chi connectivity index (χ0) is 10.5. The van der Waals surface area contributed by atoms with E-state index in [4.69, 9.17) is 9.47 Å². The van der Waals surface area contributed by atoms with Gasteiger partial charge in [0, 0.05) is 12.0 Å². The number of ether oxygens (including phenoxy) is 2. The Kier molecular flexibility index (Phi) is 1.43.